The standard InChI is InChI=1S/C35H48F2N4O6S/c1-4-47-27-16-18-35(2,19-17-27)31(23-10-12-24(36)13-11-23)32(40-34(43)46-3)33(42)39-30-9-5-8-29(37)28(30)15-14-26-21-38-25-7-6-20-48(44,45)41(26)22-25/h5,8-13,25-27,31-32,38H,4,6-7,14-22H2,1-3H3,(H,39,42)(H,40,43)/t25-,26+,27?,31-,32+,35?/m1/s1. The number of sulfonamides is 1. The lowest BCUT2D eigenvalue weighted by molar-refractivity contribution is -0.120. The van der Waals surface area contributed by atoms with Gasteiger partial charge in [-0.25, -0.2) is 22.0 Å². The van der Waals surface area contributed by atoms with Gasteiger partial charge in [0.1, 0.15) is 17.7 Å². The molecule has 13 heteroatoms. The van der Waals surface area contributed by atoms with E-state index in [2.05, 4.69) is 22.9 Å². The first-order valence-corrected chi connectivity index (χ1v) is 18.6. The second-order valence-electron chi connectivity index (χ2n) is 13.5. The summed E-state index contributed by atoms with van der Waals surface area (Å²) in [6.45, 7) is 5.47. The van der Waals surface area contributed by atoms with Crippen molar-refractivity contribution in [3.05, 3.63) is 65.2 Å². The fourth-order valence-electron chi connectivity index (χ4n) is 7.81. The van der Waals surface area contributed by atoms with E-state index in [0.29, 0.717) is 50.9 Å². The van der Waals surface area contributed by atoms with Crippen LogP contribution in [-0.2, 0) is 30.7 Å². The van der Waals surface area contributed by atoms with Crippen molar-refractivity contribution in [2.24, 2.45) is 5.41 Å². The predicted octanol–water partition coefficient (Wildman–Crippen LogP) is 5.10. The Balaban J connectivity index is 1.43. The lowest BCUT2D eigenvalue weighted by Gasteiger charge is -2.46. The number of alkyl carbamates (subject to hydrolysis) is 1. The molecule has 1 aliphatic carbocycles. The van der Waals surface area contributed by atoms with Gasteiger partial charge in [0.05, 0.1) is 19.0 Å². The molecule has 3 fully saturated rings. The molecule has 0 radical (unpaired) electrons. The van der Waals surface area contributed by atoms with Crippen LogP contribution in [0.4, 0.5) is 19.3 Å². The van der Waals surface area contributed by atoms with E-state index in [1.165, 1.54) is 31.4 Å². The number of nitrogens with zero attached hydrogens (tertiary/aromatic N) is 1. The Morgan fingerprint density at radius 2 is 1.83 bits per heavy atom. The zero-order chi connectivity index (χ0) is 34.5. The maximum absolute atomic E-state index is 15.5. The molecule has 2 saturated heterocycles. The molecule has 264 valence electrons. The fraction of sp³-hybridized carbons (Fsp3) is 0.600. The monoisotopic (exact) mass is 690 g/mol. The van der Waals surface area contributed by atoms with E-state index in [9.17, 15) is 22.4 Å². The number of piperazine rings is 1. The van der Waals surface area contributed by atoms with Gasteiger partial charge < -0.3 is 25.4 Å². The number of methoxy groups -OCH3 is 1. The lowest BCUT2D eigenvalue weighted by Crippen LogP contribution is -2.57. The molecule has 10 nitrogen and oxygen atoms in total. The molecule has 2 aromatic rings. The van der Waals surface area contributed by atoms with Crippen molar-refractivity contribution in [3.63, 3.8) is 0 Å². The van der Waals surface area contributed by atoms with E-state index in [4.69, 9.17) is 9.47 Å². The highest BCUT2D eigenvalue weighted by molar-refractivity contribution is 7.89. The fourth-order valence-corrected chi connectivity index (χ4v) is 9.62. The van der Waals surface area contributed by atoms with Crippen molar-refractivity contribution in [1.82, 2.24) is 14.9 Å². The Bertz CT molecular complexity index is 1530. The number of benzene rings is 2. The average molecular weight is 691 g/mol. The Labute approximate surface area is 282 Å². The summed E-state index contributed by atoms with van der Waals surface area (Å²) in [5.74, 6) is -2.02. The number of ether oxygens (including phenoxy) is 2. The number of amides is 2. The molecule has 5 atom stereocenters. The second-order valence-corrected chi connectivity index (χ2v) is 15.6. The van der Waals surface area contributed by atoms with Crippen LogP contribution in [0.2, 0.25) is 0 Å². The molecule has 2 aliphatic heterocycles. The van der Waals surface area contributed by atoms with E-state index in [-0.39, 0.29) is 41.6 Å². The van der Waals surface area contributed by atoms with Crippen LogP contribution in [-0.4, -0.2) is 81.5 Å². The first-order valence-electron chi connectivity index (χ1n) is 17.0. The van der Waals surface area contributed by atoms with Crippen LogP contribution in [0.1, 0.15) is 75.8 Å². The highest BCUT2D eigenvalue weighted by Crippen LogP contribution is 2.49. The van der Waals surface area contributed by atoms with Gasteiger partial charge in [0.15, 0.2) is 0 Å². The molecular weight excluding hydrogens is 642 g/mol. The summed E-state index contributed by atoms with van der Waals surface area (Å²) in [7, 11) is -2.21. The maximum Gasteiger partial charge on any atom is 0.407 e. The number of hydrogen-bond acceptors (Lipinski definition) is 7. The first-order chi connectivity index (χ1) is 22.9. The van der Waals surface area contributed by atoms with E-state index in [1.54, 1.807) is 22.5 Å². The van der Waals surface area contributed by atoms with Gasteiger partial charge >= 0.3 is 6.09 Å². The Hall–Kier alpha value is -3.13. The molecule has 5 rings (SSSR count). The van der Waals surface area contributed by atoms with Gasteiger partial charge in [-0.3, -0.25) is 4.79 Å². The minimum Gasteiger partial charge on any atom is -0.453 e. The summed E-state index contributed by atoms with van der Waals surface area (Å²) in [6.07, 6.45) is 4.08. The quantitative estimate of drug-likeness (QED) is 0.300. The smallest absolute Gasteiger partial charge is 0.407 e. The number of carbonyl (C=O) groups is 2. The number of fused-ring (bicyclic) bond motifs is 2. The third kappa shape index (κ3) is 8.35. The van der Waals surface area contributed by atoms with Gasteiger partial charge in [-0.1, -0.05) is 25.1 Å². The van der Waals surface area contributed by atoms with Crippen LogP contribution < -0.4 is 16.0 Å². The van der Waals surface area contributed by atoms with Gasteiger partial charge in [0.2, 0.25) is 15.9 Å². The molecule has 2 heterocycles. The summed E-state index contributed by atoms with van der Waals surface area (Å²) in [6, 6.07) is 8.94. The lowest BCUT2D eigenvalue weighted by atomic mass is 9.62. The van der Waals surface area contributed by atoms with Gasteiger partial charge in [0.25, 0.3) is 0 Å². The van der Waals surface area contributed by atoms with Crippen LogP contribution >= 0.6 is 0 Å². The van der Waals surface area contributed by atoms with Crippen molar-refractivity contribution in [1.29, 1.82) is 0 Å². The van der Waals surface area contributed by atoms with Crippen LogP contribution in [0, 0.1) is 17.0 Å². The van der Waals surface area contributed by atoms with Crippen molar-refractivity contribution < 1.29 is 36.3 Å². The summed E-state index contributed by atoms with van der Waals surface area (Å²) in [5, 5.41) is 9.07. The van der Waals surface area contributed by atoms with Crippen molar-refractivity contribution in [2.45, 2.75) is 95.4 Å². The van der Waals surface area contributed by atoms with Crippen LogP contribution in [0.3, 0.4) is 0 Å². The maximum atomic E-state index is 15.5. The minimum atomic E-state index is -3.43. The summed E-state index contributed by atoms with van der Waals surface area (Å²) < 4.78 is 67.9. The number of hydrogen-bond donors (Lipinski definition) is 3. The molecular formula is C35H48F2N4O6S. The van der Waals surface area contributed by atoms with Crippen LogP contribution in [0.5, 0.6) is 0 Å². The topological polar surface area (TPSA) is 126 Å². The van der Waals surface area contributed by atoms with E-state index in [0.717, 1.165) is 19.3 Å². The average Bonchev–Trinajstić information content (AvgIpc) is 3.18. The first kappa shape index (κ1) is 36.2. The minimum absolute atomic E-state index is 0.0854. The van der Waals surface area contributed by atoms with Crippen molar-refractivity contribution >= 4 is 27.7 Å². The Morgan fingerprint density at radius 1 is 1.10 bits per heavy atom. The molecule has 1 saturated carbocycles. The molecule has 48 heavy (non-hydrogen) atoms. The van der Waals surface area contributed by atoms with Gasteiger partial charge in [0, 0.05) is 48.9 Å². The summed E-state index contributed by atoms with van der Waals surface area (Å²) in [4.78, 5) is 27.1. The number of rotatable bonds is 11. The zero-order valence-corrected chi connectivity index (χ0v) is 28.8. The number of nitrogens with one attached hydrogen (secondary N) is 3. The normalized spacial score (nSPS) is 28.0. The predicted molar refractivity (Wildman–Crippen MR) is 179 cm³/mol. The number of halogens is 2. The highest BCUT2D eigenvalue weighted by Gasteiger charge is 2.46. The molecule has 2 aromatic carbocycles. The van der Waals surface area contributed by atoms with Crippen molar-refractivity contribution in [2.75, 3.05) is 37.9 Å². The molecule has 0 spiro atoms. The third-order valence-electron chi connectivity index (χ3n) is 10.4. The Kier molecular flexibility index (Phi) is 11.8. The molecule has 0 aromatic heterocycles. The Morgan fingerprint density at radius 3 is 2.52 bits per heavy atom. The number of anilines is 1. The van der Waals surface area contributed by atoms with E-state index >= 15 is 4.39 Å². The van der Waals surface area contributed by atoms with Gasteiger partial charge in [-0.2, -0.15) is 4.31 Å². The van der Waals surface area contributed by atoms with Crippen molar-refractivity contribution in [3.8, 4) is 0 Å². The second kappa shape index (κ2) is 15.6. The molecule has 2 amide bonds. The zero-order valence-electron chi connectivity index (χ0n) is 28.0. The number of carbonyl (C=O) groups excluding carboxylic acids is 2. The van der Waals surface area contributed by atoms with Gasteiger partial charge in [-0.15, -0.1) is 0 Å². The molecule has 1 unspecified atom stereocenters. The molecule has 3 aliphatic rings. The largest absolute Gasteiger partial charge is 0.453 e. The molecule has 3 N–H and O–H groups in total. The summed E-state index contributed by atoms with van der Waals surface area (Å²) in [5.41, 5.74) is 0.661. The summed E-state index contributed by atoms with van der Waals surface area (Å²) >= 11 is 0. The van der Waals surface area contributed by atoms with E-state index in [1.807, 2.05) is 6.92 Å². The van der Waals surface area contributed by atoms with Crippen LogP contribution in [0.15, 0.2) is 42.5 Å². The highest BCUT2D eigenvalue weighted by atomic mass is 32.2. The van der Waals surface area contributed by atoms with Crippen LogP contribution in [0.25, 0.3) is 0 Å². The van der Waals surface area contributed by atoms with Gasteiger partial charge in [-0.05, 0) is 93.5 Å². The van der Waals surface area contributed by atoms with E-state index < -0.39 is 51.0 Å². The molecule has 2 bridgehead atoms. The third-order valence-corrected chi connectivity index (χ3v) is 12.4. The SMILES string of the molecule is CCOC1CCC(C)([C@H](c2ccc(F)cc2)[C@H](NC(=O)OC)C(=O)Nc2cccc(F)c2CC[C@H]2CN[C@@H]3CCCS(=O)(=O)N2C3)CC1.